The van der Waals surface area contributed by atoms with Crippen molar-refractivity contribution in [3.63, 3.8) is 0 Å². The normalized spacial score (nSPS) is 23.2. The fraction of sp³-hybridized carbons (Fsp3) is 0.412. The number of esters is 1. The number of ketones is 1. The van der Waals surface area contributed by atoms with Crippen LogP contribution in [0.15, 0.2) is 29.8 Å². The maximum Gasteiger partial charge on any atom is 0.313 e. The van der Waals surface area contributed by atoms with Gasteiger partial charge in [0.05, 0.1) is 12.5 Å². The predicted octanol–water partition coefficient (Wildman–Crippen LogP) is 2.60. The molecule has 1 aromatic carbocycles. The van der Waals surface area contributed by atoms with E-state index >= 15 is 0 Å². The van der Waals surface area contributed by atoms with Gasteiger partial charge in [-0.25, -0.2) is 0 Å². The highest BCUT2D eigenvalue weighted by Crippen LogP contribution is 2.41. The summed E-state index contributed by atoms with van der Waals surface area (Å²) < 4.78 is 15.9. The van der Waals surface area contributed by atoms with Crippen molar-refractivity contribution in [3.8, 4) is 11.5 Å². The Kier molecular flexibility index (Phi) is 3.88. The molecule has 1 aliphatic carbocycles. The summed E-state index contributed by atoms with van der Waals surface area (Å²) in [6, 6.07) is 5.55. The maximum atomic E-state index is 12.3. The summed E-state index contributed by atoms with van der Waals surface area (Å²) in [5.41, 5.74) is 1.64. The fourth-order valence-electron chi connectivity index (χ4n) is 3.09. The summed E-state index contributed by atoms with van der Waals surface area (Å²) in [7, 11) is 0. The van der Waals surface area contributed by atoms with Crippen LogP contribution < -0.4 is 9.47 Å². The SMILES string of the molecule is CCOC(=O)C1C(C)=CC(=O)CC1c1ccc2c(c1)OCO2. The number of carbonyl (C=O) groups is 2. The number of hydrogen-bond acceptors (Lipinski definition) is 5. The van der Waals surface area contributed by atoms with E-state index in [9.17, 15) is 9.59 Å². The van der Waals surface area contributed by atoms with E-state index in [0.29, 0.717) is 24.5 Å². The van der Waals surface area contributed by atoms with Crippen LogP contribution in [0, 0.1) is 5.92 Å². The second kappa shape index (κ2) is 5.83. The van der Waals surface area contributed by atoms with E-state index in [-0.39, 0.29) is 24.5 Å². The number of rotatable bonds is 3. The second-order valence-corrected chi connectivity index (χ2v) is 5.51. The van der Waals surface area contributed by atoms with Crippen molar-refractivity contribution in [1.29, 1.82) is 0 Å². The van der Waals surface area contributed by atoms with Gasteiger partial charge >= 0.3 is 5.97 Å². The van der Waals surface area contributed by atoms with Gasteiger partial charge in [0.2, 0.25) is 6.79 Å². The number of benzene rings is 1. The molecule has 0 aromatic heterocycles. The molecular formula is C17H18O5. The first-order valence-corrected chi connectivity index (χ1v) is 7.37. The van der Waals surface area contributed by atoms with Gasteiger partial charge in [-0.2, -0.15) is 0 Å². The summed E-state index contributed by atoms with van der Waals surface area (Å²) in [6.07, 6.45) is 1.84. The van der Waals surface area contributed by atoms with Crippen LogP contribution in [0.2, 0.25) is 0 Å². The minimum atomic E-state index is -0.432. The Morgan fingerprint density at radius 3 is 2.86 bits per heavy atom. The number of ether oxygens (including phenoxy) is 3. The van der Waals surface area contributed by atoms with Gasteiger partial charge in [-0.15, -0.1) is 0 Å². The van der Waals surface area contributed by atoms with Gasteiger partial charge < -0.3 is 14.2 Å². The molecule has 0 saturated carbocycles. The smallest absolute Gasteiger partial charge is 0.313 e. The summed E-state index contributed by atoms with van der Waals surface area (Å²) in [5, 5.41) is 0. The Labute approximate surface area is 128 Å². The molecule has 2 aliphatic rings. The van der Waals surface area contributed by atoms with Gasteiger partial charge in [-0.1, -0.05) is 11.6 Å². The highest BCUT2D eigenvalue weighted by Gasteiger charge is 2.37. The molecule has 2 atom stereocenters. The third-order valence-corrected chi connectivity index (χ3v) is 4.07. The van der Waals surface area contributed by atoms with E-state index in [2.05, 4.69) is 0 Å². The van der Waals surface area contributed by atoms with Gasteiger partial charge in [-0.3, -0.25) is 9.59 Å². The molecule has 0 N–H and O–H groups in total. The molecule has 0 amide bonds. The van der Waals surface area contributed by atoms with Crippen LogP contribution in [-0.2, 0) is 14.3 Å². The highest BCUT2D eigenvalue weighted by molar-refractivity contribution is 5.95. The quantitative estimate of drug-likeness (QED) is 0.803. The summed E-state index contributed by atoms with van der Waals surface area (Å²) in [4.78, 5) is 24.2. The van der Waals surface area contributed by atoms with Crippen LogP contribution in [-0.4, -0.2) is 25.2 Å². The zero-order valence-corrected chi connectivity index (χ0v) is 12.6. The zero-order valence-electron chi connectivity index (χ0n) is 12.6. The third kappa shape index (κ3) is 2.58. The average Bonchev–Trinajstić information content (AvgIpc) is 2.93. The maximum absolute atomic E-state index is 12.3. The average molecular weight is 302 g/mol. The Morgan fingerprint density at radius 2 is 2.09 bits per heavy atom. The van der Waals surface area contributed by atoms with Crippen molar-refractivity contribution in [2.24, 2.45) is 5.92 Å². The van der Waals surface area contributed by atoms with Gasteiger partial charge in [0, 0.05) is 12.3 Å². The lowest BCUT2D eigenvalue weighted by Gasteiger charge is -2.29. The molecule has 5 heteroatoms. The predicted molar refractivity (Wildman–Crippen MR) is 78.8 cm³/mol. The van der Waals surface area contributed by atoms with E-state index in [1.807, 2.05) is 18.2 Å². The summed E-state index contributed by atoms with van der Waals surface area (Å²) in [5.74, 6) is 0.418. The van der Waals surface area contributed by atoms with Gasteiger partial charge in [0.1, 0.15) is 0 Å². The van der Waals surface area contributed by atoms with Crippen LogP contribution in [0.1, 0.15) is 31.7 Å². The van der Waals surface area contributed by atoms with Crippen molar-refractivity contribution in [1.82, 2.24) is 0 Å². The molecule has 0 spiro atoms. The standard InChI is InChI=1S/C17H18O5/c1-3-20-17(19)16-10(2)6-12(18)8-13(16)11-4-5-14-15(7-11)22-9-21-14/h4-7,13,16H,3,8-9H2,1-2H3. The van der Waals surface area contributed by atoms with Crippen LogP contribution in [0.5, 0.6) is 11.5 Å². The number of allylic oxidation sites excluding steroid dienone is 1. The molecule has 0 saturated heterocycles. The fourth-order valence-corrected chi connectivity index (χ4v) is 3.09. The van der Waals surface area contributed by atoms with Crippen LogP contribution >= 0.6 is 0 Å². The monoisotopic (exact) mass is 302 g/mol. The van der Waals surface area contributed by atoms with Crippen molar-refractivity contribution in [2.75, 3.05) is 13.4 Å². The first-order valence-electron chi connectivity index (χ1n) is 7.37. The van der Waals surface area contributed by atoms with E-state index in [1.54, 1.807) is 19.9 Å². The lowest BCUT2D eigenvalue weighted by molar-refractivity contribution is -0.147. The second-order valence-electron chi connectivity index (χ2n) is 5.51. The van der Waals surface area contributed by atoms with Crippen LogP contribution in [0.25, 0.3) is 0 Å². The molecule has 0 fully saturated rings. The Morgan fingerprint density at radius 1 is 1.32 bits per heavy atom. The Balaban J connectivity index is 1.97. The number of hydrogen-bond donors (Lipinski definition) is 0. The minimum Gasteiger partial charge on any atom is -0.466 e. The van der Waals surface area contributed by atoms with Crippen molar-refractivity contribution < 1.29 is 23.8 Å². The van der Waals surface area contributed by atoms with Crippen molar-refractivity contribution in [3.05, 3.63) is 35.4 Å². The van der Waals surface area contributed by atoms with E-state index in [0.717, 1.165) is 11.1 Å². The van der Waals surface area contributed by atoms with Gasteiger partial charge in [0.15, 0.2) is 17.3 Å². The summed E-state index contributed by atoms with van der Waals surface area (Å²) >= 11 is 0. The van der Waals surface area contributed by atoms with Crippen molar-refractivity contribution in [2.45, 2.75) is 26.2 Å². The number of carbonyl (C=O) groups excluding carboxylic acids is 2. The van der Waals surface area contributed by atoms with E-state index in [1.165, 1.54) is 0 Å². The molecule has 22 heavy (non-hydrogen) atoms. The van der Waals surface area contributed by atoms with Gasteiger partial charge in [-0.05, 0) is 37.6 Å². The van der Waals surface area contributed by atoms with E-state index in [4.69, 9.17) is 14.2 Å². The first kappa shape index (κ1) is 14.6. The summed E-state index contributed by atoms with van der Waals surface area (Å²) in [6.45, 7) is 4.10. The zero-order chi connectivity index (χ0) is 15.7. The number of fused-ring (bicyclic) bond motifs is 1. The molecule has 1 aliphatic heterocycles. The minimum absolute atomic E-state index is 0.0284. The van der Waals surface area contributed by atoms with Gasteiger partial charge in [0.25, 0.3) is 0 Å². The lowest BCUT2D eigenvalue weighted by atomic mass is 9.74. The van der Waals surface area contributed by atoms with E-state index < -0.39 is 5.92 Å². The van der Waals surface area contributed by atoms with Crippen molar-refractivity contribution >= 4 is 11.8 Å². The lowest BCUT2D eigenvalue weighted by Crippen LogP contribution is -2.30. The molecule has 5 nitrogen and oxygen atoms in total. The third-order valence-electron chi connectivity index (χ3n) is 4.07. The molecular weight excluding hydrogens is 284 g/mol. The molecule has 3 rings (SSSR count). The largest absolute Gasteiger partial charge is 0.466 e. The topological polar surface area (TPSA) is 61.8 Å². The molecule has 0 bridgehead atoms. The highest BCUT2D eigenvalue weighted by atomic mass is 16.7. The molecule has 2 unspecified atom stereocenters. The molecule has 116 valence electrons. The Bertz CT molecular complexity index is 646. The molecule has 0 radical (unpaired) electrons. The molecule has 1 heterocycles. The Hall–Kier alpha value is -2.30. The van der Waals surface area contributed by atoms with Crippen LogP contribution in [0.4, 0.5) is 0 Å². The molecule has 1 aromatic rings. The first-order chi connectivity index (χ1) is 10.6. The van der Waals surface area contributed by atoms with Crippen LogP contribution in [0.3, 0.4) is 0 Å².